The van der Waals surface area contributed by atoms with Crippen LogP contribution >= 0.6 is 46.4 Å². The standard InChI is InChI=1S/C8H8Cl4/c9-5-1-2-6(10)8(12)4-3-7(5)11/h1-4H2. The molecular formula is C8H8Cl4. The molecular weight excluding hydrogens is 238 g/mol. The maximum Gasteiger partial charge on any atom is 0.0329 e. The van der Waals surface area contributed by atoms with E-state index in [9.17, 15) is 0 Å². The monoisotopic (exact) mass is 244 g/mol. The minimum atomic E-state index is 0.690. The molecule has 0 N–H and O–H groups in total. The van der Waals surface area contributed by atoms with Crippen molar-refractivity contribution in [2.45, 2.75) is 25.7 Å². The molecule has 0 atom stereocenters. The van der Waals surface area contributed by atoms with Gasteiger partial charge in [0.25, 0.3) is 0 Å². The molecule has 0 unspecified atom stereocenters. The van der Waals surface area contributed by atoms with E-state index in [2.05, 4.69) is 0 Å². The number of rotatable bonds is 0. The largest absolute Gasteiger partial charge is 0.0879 e. The van der Waals surface area contributed by atoms with E-state index in [0.717, 1.165) is 0 Å². The third-order valence-corrected chi connectivity index (χ3v) is 3.58. The molecule has 0 fully saturated rings. The van der Waals surface area contributed by atoms with Gasteiger partial charge in [-0.15, -0.1) is 0 Å². The summed E-state index contributed by atoms with van der Waals surface area (Å²) in [4.78, 5) is 0. The van der Waals surface area contributed by atoms with Crippen molar-refractivity contribution in [2.24, 2.45) is 0 Å². The van der Waals surface area contributed by atoms with Crippen LogP contribution in [0, 0.1) is 0 Å². The van der Waals surface area contributed by atoms with Crippen LogP contribution in [0.5, 0.6) is 0 Å². The zero-order valence-corrected chi connectivity index (χ0v) is 9.36. The molecule has 0 heterocycles. The third-order valence-electron chi connectivity index (χ3n) is 1.72. The number of allylic oxidation sites excluding steroid dienone is 4. The molecule has 12 heavy (non-hydrogen) atoms. The SMILES string of the molecule is ClC1=C(Cl)CCC(Cl)=C(Cl)CC1. The fourth-order valence-electron chi connectivity index (χ4n) is 0.982. The molecule has 0 aromatic rings. The second-order valence-corrected chi connectivity index (χ2v) is 4.44. The van der Waals surface area contributed by atoms with Gasteiger partial charge in [0.1, 0.15) is 0 Å². The van der Waals surface area contributed by atoms with Gasteiger partial charge in [0.05, 0.1) is 0 Å². The number of halogens is 4. The van der Waals surface area contributed by atoms with Crippen LogP contribution in [0.1, 0.15) is 25.7 Å². The van der Waals surface area contributed by atoms with Crippen LogP contribution in [0.25, 0.3) is 0 Å². The molecule has 68 valence electrons. The molecule has 0 saturated heterocycles. The summed E-state index contributed by atoms with van der Waals surface area (Å²) in [5.41, 5.74) is 0. The van der Waals surface area contributed by atoms with Crippen molar-refractivity contribution >= 4 is 46.4 Å². The summed E-state index contributed by atoms with van der Waals surface area (Å²) in [6, 6.07) is 0. The first-order chi connectivity index (χ1) is 5.61. The Bertz CT molecular complexity index is 189. The first-order valence-electron chi connectivity index (χ1n) is 3.67. The average Bonchev–Trinajstić information content (AvgIpc) is 2.07. The summed E-state index contributed by atoms with van der Waals surface area (Å²) in [6.45, 7) is 0. The quantitative estimate of drug-likeness (QED) is 0.567. The van der Waals surface area contributed by atoms with Crippen LogP contribution in [0.2, 0.25) is 0 Å². The molecule has 4 heteroatoms. The second kappa shape index (κ2) is 4.76. The molecule has 0 bridgehead atoms. The maximum absolute atomic E-state index is 5.88. The fourth-order valence-corrected chi connectivity index (χ4v) is 1.74. The third kappa shape index (κ3) is 2.85. The highest BCUT2D eigenvalue weighted by Gasteiger charge is 2.11. The van der Waals surface area contributed by atoms with Gasteiger partial charge in [-0.2, -0.15) is 0 Å². The van der Waals surface area contributed by atoms with Gasteiger partial charge in [0.15, 0.2) is 0 Å². The van der Waals surface area contributed by atoms with Crippen molar-refractivity contribution in [3.05, 3.63) is 20.1 Å². The van der Waals surface area contributed by atoms with Crippen molar-refractivity contribution < 1.29 is 0 Å². The molecule has 0 aromatic heterocycles. The lowest BCUT2D eigenvalue weighted by atomic mass is 10.1. The predicted molar refractivity (Wildman–Crippen MR) is 55.9 cm³/mol. The molecule has 1 rings (SSSR count). The summed E-state index contributed by atoms with van der Waals surface area (Å²) >= 11 is 23.5. The molecule has 0 amide bonds. The first kappa shape index (κ1) is 10.7. The van der Waals surface area contributed by atoms with Crippen molar-refractivity contribution in [2.75, 3.05) is 0 Å². The minimum absolute atomic E-state index is 0.690. The van der Waals surface area contributed by atoms with Crippen LogP contribution < -0.4 is 0 Å². The van der Waals surface area contributed by atoms with Crippen LogP contribution in [0.4, 0.5) is 0 Å². The smallest absolute Gasteiger partial charge is 0.0329 e. The first-order valence-corrected chi connectivity index (χ1v) is 5.18. The van der Waals surface area contributed by atoms with Crippen molar-refractivity contribution in [1.29, 1.82) is 0 Å². The van der Waals surface area contributed by atoms with Gasteiger partial charge < -0.3 is 0 Å². The lowest BCUT2D eigenvalue weighted by molar-refractivity contribution is 0.913. The zero-order valence-electron chi connectivity index (χ0n) is 6.34. The molecule has 0 aliphatic heterocycles. The van der Waals surface area contributed by atoms with E-state index in [0.29, 0.717) is 45.8 Å². The second-order valence-electron chi connectivity index (χ2n) is 2.62. The fraction of sp³-hybridized carbons (Fsp3) is 0.500. The Balaban J connectivity index is 2.73. The van der Waals surface area contributed by atoms with Gasteiger partial charge in [-0.05, 0) is 25.7 Å². The topological polar surface area (TPSA) is 0 Å². The Morgan fingerprint density at radius 3 is 0.833 bits per heavy atom. The summed E-state index contributed by atoms with van der Waals surface area (Å²) in [5.74, 6) is 0. The molecule has 0 aromatic carbocycles. The van der Waals surface area contributed by atoms with Gasteiger partial charge in [-0.25, -0.2) is 0 Å². The normalized spacial score (nSPS) is 21.0. The maximum atomic E-state index is 5.88. The van der Waals surface area contributed by atoms with E-state index in [4.69, 9.17) is 46.4 Å². The average molecular weight is 246 g/mol. The van der Waals surface area contributed by atoms with E-state index < -0.39 is 0 Å². The number of hydrogen-bond donors (Lipinski definition) is 0. The zero-order chi connectivity index (χ0) is 9.14. The van der Waals surface area contributed by atoms with Crippen LogP contribution in [0.15, 0.2) is 20.1 Å². The van der Waals surface area contributed by atoms with E-state index in [1.807, 2.05) is 0 Å². The van der Waals surface area contributed by atoms with E-state index in [1.165, 1.54) is 0 Å². The van der Waals surface area contributed by atoms with E-state index in [1.54, 1.807) is 0 Å². The molecule has 0 saturated carbocycles. The van der Waals surface area contributed by atoms with Crippen molar-refractivity contribution in [3.8, 4) is 0 Å². The predicted octanol–water partition coefficient (Wildman–Crippen LogP) is 4.94. The van der Waals surface area contributed by atoms with Crippen LogP contribution in [0.3, 0.4) is 0 Å². The van der Waals surface area contributed by atoms with E-state index >= 15 is 0 Å². The van der Waals surface area contributed by atoms with Gasteiger partial charge in [0.2, 0.25) is 0 Å². The van der Waals surface area contributed by atoms with Gasteiger partial charge in [0, 0.05) is 20.1 Å². The van der Waals surface area contributed by atoms with Crippen molar-refractivity contribution in [3.63, 3.8) is 0 Å². The molecule has 0 spiro atoms. The summed E-state index contributed by atoms with van der Waals surface area (Å²) in [7, 11) is 0. The molecule has 0 radical (unpaired) electrons. The molecule has 0 nitrogen and oxygen atoms in total. The van der Waals surface area contributed by atoms with Gasteiger partial charge >= 0.3 is 0 Å². The Hall–Kier alpha value is 0.640. The highest BCUT2D eigenvalue weighted by molar-refractivity contribution is 6.41. The van der Waals surface area contributed by atoms with Crippen molar-refractivity contribution in [1.82, 2.24) is 0 Å². The molecule has 1 aliphatic carbocycles. The van der Waals surface area contributed by atoms with Crippen LogP contribution in [-0.4, -0.2) is 0 Å². The minimum Gasteiger partial charge on any atom is -0.0879 e. The summed E-state index contributed by atoms with van der Waals surface area (Å²) in [5, 5.41) is 2.83. The summed E-state index contributed by atoms with van der Waals surface area (Å²) < 4.78 is 0. The Kier molecular flexibility index (Phi) is 4.25. The highest BCUT2D eigenvalue weighted by atomic mass is 35.5. The summed E-state index contributed by atoms with van der Waals surface area (Å²) in [6.07, 6.45) is 2.76. The van der Waals surface area contributed by atoms with Gasteiger partial charge in [-0.3, -0.25) is 0 Å². The Labute approximate surface area is 92.1 Å². The van der Waals surface area contributed by atoms with Crippen LogP contribution in [-0.2, 0) is 0 Å². The number of hydrogen-bond acceptors (Lipinski definition) is 0. The van der Waals surface area contributed by atoms with Gasteiger partial charge in [-0.1, -0.05) is 46.4 Å². The van der Waals surface area contributed by atoms with E-state index in [-0.39, 0.29) is 0 Å². The Morgan fingerprint density at radius 1 is 0.500 bits per heavy atom. The lowest BCUT2D eigenvalue weighted by Crippen LogP contribution is -1.90. The highest BCUT2D eigenvalue weighted by Crippen LogP contribution is 2.33. The lowest BCUT2D eigenvalue weighted by Gasteiger charge is -2.09. The molecule has 1 aliphatic rings. The Morgan fingerprint density at radius 2 is 0.667 bits per heavy atom.